The summed E-state index contributed by atoms with van der Waals surface area (Å²) in [5.41, 5.74) is 11.0. The average Bonchev–Trinajstić information content (AvgIpc) is 2.39. The maximum atomic E-state index is 11.5. The van der Waals surface area contributed by atoms with E-state index in [2.05, 4.69) is 15.8 Å². The van der Waals surface area contributed by atoms with E-state index in [1.54, 1.807) is 6.07 Å². The van der Waals surface area contributed by atoms with Crippen LogP contribution in [0.15, 0.2) is 17.2 Å². The van der Waals surface area contributed by atoms with Gasteiger partial charge in [0.2, 0.25) is 11.6 Å². The van der Waals surface area contributed by atoms with Crippen molar-refractivity contribution in [1.29, 1.82) is 10.7 Å². The molecular weight excluding hydrogens is 256 g/mol. The molecular formula is C13H14N6O. The molecule has 0 saturated carbocycles. The van der Waals surface area contributed by atoms with Crippen LogP contribution in [0.25, 0.3) is 0 Å². The van der Waals surface area contributed by atoms with Gasteiger partial charge >= 0.3 is 0 Å². The van der Waals surface area contributed by atoms with Crippen molar-refractivity contribution < 1.29 is 4.79 Å². The summed E-state index contributed by atoms with van der Waals surface area (Å²) < 4.78 is 0. The zero-order chi connectivity index (χ0) is 14.7. The van der Waals surface area contributed by atoms with E-state index in [0.29, 0.717) is 24.2 Å². The molecule has 0 atom stereocenters. The van der Waals surface area contributed by atoms with Crippen LogP contribution < -0.4 is 16.5 Å². The number of nitrogens with two attached hydrogens (primary N) is 1. The Morgan fingerprint density at radius 2 is 2.30 bits per heavy atom. The summed E-state index contributed by atoms with van der Waals surface area (Å²) in [4.78, 5) is 11.5. The number of aryl methyl sites for hydroxylation is 2. The van der Waals surface area contributed by atoms with Gasteiger partial charge in [-0.1, -0.05) is 6.07 Å². The van der Waals surface area contributed by atoms with Crippen LogP contribution >= 0.6 is 0 Å². The lowest BCUT2D eigenvalue weighted by atomic mass is 9.99. The number of hydrogen-bond donors (Lipinski definition) is 4. The Hall–Kier alpha value is -2.88. The van der Waals surface area contributed by atoms with Gasteiger partial charge < -0.3 is 11.1 Å². The molecule has 1 amide bonds. The zero-order valence-corrected chi connectivity index (χ0v) is 10.9. The number of nitriles is 1. The van der Waals surface area contributed by atoms with E-state index in [1.807, 2.05) is 19.1 Å². The third-order valence-corrected chi connectivity index (χ3v) is 2.90. The number of amidine groups is 1. The van der Waals surface area contributed by atoms with Crippen LogP contribution in [-0.2, 0) is 11.2 Å². The fourth-order valence-electron chi connectivity index (χ4n) is 2.01. The average molecular weight is 270 g/mol. The summed E-state index contributed by atoms with van der Waals surface area (Å²) in [5.74, 6) is -0.467. The molecule has 102 valence electrons. The van der Waals surface area contributed by atoms with Crippen LogP contribution in [0.4, 0.5) is 11.4 Å². The zero-order valence-electron chi connectivity index (χ0n) is 10.9. The van der Waals surface area contributed by atoms with Gasteiger partial charge in [-0.25, -0.2) is 0 Å². The van der Waals surface area contributed by atoms with Crippen molar-refractivity contribution >= 4 is 28.8 Å². The van der Waals surface area contributed by atoms with Gasteiger partial charge in [0, 0.05) is 6.42 Å². The maximum absolute atomic E-state index is 11.5. The van der Waals surface area contributed by atoms with E-state index < -0.39 is 5.84 Å². The van der Waals surface area contributed by atoms with Crippen LogP contribution in [0.2, 0.25) is 0 Å². The molecule has 7 nitrogen and oxygen atoms in total. The third-order valence-electron chi connectivity index (χ3n) is 2.90. The number of rotatable bonds is 3. The Labute approximate surface area is 116 Å². The van der Waals surface area contributed by atoms with Crippen molar-refractivity contribution in [2.45, 2.75) is 19.8 Å². The highest BCUT2D eigenvalue weighted by molar-refractivity contribution is 6.45. The van der Waals surface area contributed by atoms with E-state index in [1.165, 1.54) is 0 Å². The first-order valence-electron chi connectivity index (χ1n) is 6.03. The fourth-order valence-corrected chi connectivity index (χ4v) is 2.01. The topological polar surface area (TPSA) is 127 Å². The second-order valence-corrected chi connectivity index (χ2v) is 4.49. The SMILES string of the molecule is Cc1cc2c(c(N/N=C(\C#N)C(=N)N)c1)NC(=O)CC2. The second-order valence-electron chi connectivity index (χ2n) is 4.49. The Morgan fingerprint density at radius 1 is 1.55 bits per heavy atom. The molecule has 0 aromatic heterocycles. The minimum atomic E-state index is -0.412. The fraction of sp³-hybridized carbons (Fsp3) is 0.231. The number of anilines is 2. The summed E-state index contributed by atoms with van der Waals surface area (Å²) in [6.07, 6.45) is 1.12. The summed E-state index contributed by atoms with van der Waals surface area (Å²) in [5, 5.41) is 22.6. The Bertz CT molecular complexity index is 656. The molecule has 0 aliphatic carbocycles. The predicted molar refractivity (Wildman–Crippen MR) is 76.7 cm³/mol. The quantitative estimate of drug-likeness (QED) is 0.372. The van der Waals surface area contributed by atoms with Crippen molar-refractivity contribution in [3.8, 4) is 6.07 Å². The van der Waals surface area contributed by atoms with Gasteiger partial charge in [-0.05, 0) is 30.5 Å². The predicted octanol–water partition coefficient (Wildman–Crippen LogP) is 1.11. The highest BCUT2D eigenvalue weighted by atomic mass is 16.1. The van der Waals surface area contributed by atoms with E-state index >= 15 is 0 Å². The Morgan fingerprint density at radius 3 is 2.95 bits per heavy atom. The van der Waals surface area contributed by atoms with E-state index in [9.17, 15) is 4.79 Å². The lowest BCUT2D eigenvalue weighted by Gasteiger charge is -2.20. The van der Waals surface area contributed by atoms with E-state index in [-0.39, 0.29) is 11.6 Å². The summed E-state index contributed by atoms with van der Waals surface area (Å²) in [7, 11) is 0. The van der Waals surface area contributed by atoms with Gasteiger partial charge in [-0.3, -0.25) is 15.6 Å². The molecule has 0 bridgehead atoms. The van der Waals surface area contributed by atoms with Crippen LogP contribution in [0.3, 0.4) is 0 Å². The van der Waals surface area contributed by atoms with Gasteiger partial charge in [-0.2, -0.15) is 10.4 Å². The normalized spacial score (nSPS) is 14.0. The lowest BCUT2D eigenvalue weighted by molar-refractivity contribution is -0.116. The molecule has 0 unspecified atom stereocenters. The molecule has 1 aromatic carbocycles. The summed E-state index contributed by atoms with van der Waals surface area (Å²) in [6.45, 7) is 1.93. The molecule has 20 heavy (non-hydrogen) atoms. The molecule has 1 aliphatic heterocycles. The smallest absolute Gasteiger partial charge is 0.224 e. The lowest BCUT2D eigenvalue weighted by Crippen LogP contribution is -2.23. The third kappa shape index (κ3) is 2.75. The molecule has 1 heterocycles. The standard InChI is InChI=1S/C13H14N6O/c1-7-4-8-2-3-11(20)17-12(8)9(5-7)18-19-10(6-14)13(15)16/h4-5,18H,2-3H2,1H3,(H3,15,16)(H,17,20)/b19-10+. The molecule has 5 N–H and O–H groups in total. The highest BCUT2D eigenvalue weighted by Crippen LogP contribution is 2.32. The van der Waals surface area contributed by atoms with Crippen molar-refractivity contribution in [2.75, 3.05) is 10.7 Å². The second kappa shape index (κ2) is 5.40. The first kappa shape index (κ1) is 13.5. The van der Waals surface area contributed by atoms with Gasteiger partial charge in [-0.15, -0.1) is 0 Å². The molecule has 0 fully saturated rings. The van der Waals surface area contributed by atoms with Gasteiger partial charge in [0.15, 0.2) is 5.84 Å². The molecule has 2 rings (SSSR count). The molecule has 0 saturated heterocycles. The number of benzene rings is 1. The Kier molecular flexibility index (Phi) is 3.66. The van der Waals surface area contributed by atoms with Crippen molar-refractivity contribution in [3.63, 3.8) is 0 Å². The monoisotopic (exact) mass is 270 g/mol. The Balaban J connectivity index is 2.37. The first-order valence-corrected chi connectivity index (χ1v) is 6.03. The van der Waals surface area contributed by atoms with Crippen LogP contribution in [0.5, 0.6) is 0 Å². The molecule has 0 spiro atoms. The number of fused-ring (bicyclic) bond motifs is 1. The number of hydrogen-bond acceptors (Lipinski definition) is 5. The van der Waals surface area contributed by atoms with Gasteiger partial charge in [0.25, 0.3) is 0 Å². The number of nitrogens with one attached hydrogen (secondary N) is 3. The van der Waals surface area contributed by atoms with Crippen LogP contribution in [-0.4, -0.2) is 17.5 Å². The number of nitrogens with zero attached hydrogens (tertiary/aromatic N) is 2. The van der Waals surface area contributed by atoms with Crippen LogP contribution in [0.1, 0.15) is 17.5 Å². The minimum Gasteiger partial charge on any atom is -0.382 e. The molecule has 7 heteroatoms. The largest absolute Gasteiger partial charge is 0.382 e. The van der Waals surface area contributed by atoms with Gasteiger partial charge in [0.05, 0.1) is 11.4 Å². The van der Waals surface area contributed by atoms with Crippen molar-refractivity contribution in [3.05, 3.63) is 23.3 Å². The minimum absolute atomic E-state index is 0.0551. The summed E-state index contributed by atoms with van der Waals surface area (Å²) in [6, 6.07) is 5.53. The van der Waals surface area contributed by atoms with Crippen LogP contribution in [0, 0.1) is 23.7 Å². The molecule has 1 aliphatic rings. The number of carbonyl (C=O) groups excluding carboxylic acids is 1. The highest BCUT2D eigenvalue weighted by Gasteiger charge is 2.18. The number of hydrazone groups is 1. The van der Waals surface area contributed by atoms with Crippen molar-refractivity contribution in [1.82, 2.24) is 0 Å². The van der Waals surface area contributed by atoms with E-state index in [4.69, 9.17) is 16.4 Å². The van der Waals surface area contributed by atoms with E-state index in [0.717, 1.165) is 11.1 Å². The number of amides is 1. The molecule has 0 radical (unpaired) electrons. The maximum Gasteiger partial charge on any atom is 0.224 e. The summed E-state index contributed by atoms with van der Waals surface area (Å²) >= 11 is 0. The van der Waals surface area contributed by atoms with Crippen molar-refractivity contribution in [2.24, 2.45) is 10.8 Å². The van der Waals surface area contributed by atoms with Gasteiger partial charge in [0.1, 0.15) is 6.07 Å². The molecule has 1 aromatic rings. The number of carbonyl (C=O) groups is 1. The first-order chi connectivity index (χ1) is 9.51.